The minimum Gasteiger partial charge on any atom is -0.462 e. The number of halogens is 1. The van der Waals surface area contributed by atoms with E-state index in [9.17, 15) is 19.3 Å². The Kier molecular flexibility index (Phi) is 4.68. The molecule has 0 unspecified atom stereocenters. The molecule has 0 N–H and O–H groups in total. The van der Waals surface area contributed by atoms with Crippen LogP contribution in [0.2, 0.25) is 0 Å². The van der Waals surface area contributed by atoms with Crippen LogP contribution in [0.1, 0.15) is 38.1 Å². The van der Waals surface area contributed by atoms with Crippen LogP contribution in [-0.4, -0.2) is 27.3 Å². The van der Waals surface area contributed by atoms with Crippen LogP contribution in [0.5, 0.6) is 0 Å². The first-order chi connectivity index (χ1) is 11.1. The summed E-state index contributed by atoms with van der Waals surface area (Å²) < 4.78 is 21.0. The lowest BCUT2D eigenvalue weighted by atomic mass is 10.0. The topological polar surface area (TPSA) is 87.3 Å². The molecular formula is C16H18FN3O4. The summed E-state index contributed by atoms with van der Waals surface area (Å²) in [5.74, 6) is -1.70. The summed E-state index contributed by atoms with van der Waals surface area (Å²) in [7, 11) is 0. The number of hydrogen-bond acceptors (Lipinski definition) is 5. The first kappa shape index (κ1) is 17.6. The number of carbonyl (C=O) groups excluding carboxylic acids is 1. The molecule has 24 heavy (non-hydrogen) atoms. The molecule has 0 amide bonds. The third kappa shape index (κ3) is 3.42. The Balaban J connectivity index is 2.65. The molecule has 0 saturated heterocycles. The molecule has 0 fully saturated rings. The van der Waals surface area contributed by atoms with Gasteiger partial charge in [0.25, 0.3) is 5.69 Å². The van der Waals surface area contributed by atoms with Crippen molar-refractivity contribution in [3.63, 3.8) is 0 Å². The van der Waals surface area contributed by atoms with Gasteiger partial charge in [0.1, 0.15) is 5.82 Å². The highest BCUT2D eigenvalue weighted by Crippen LogP contribution is 2.32. The molecule has 7 nitrogen and oxygen atoms in total. The van der Waals surface area contributed by atoms with Crippen LogP contribution in [-0.2, 0) is 10.3 Å². The zero-order valence-electron chi connectivity index (χ0n) is 13.9. The van der Waals surface area contributed by atoms with E-state index < -0.39 is 22.4 Å². The fourth-order valence-corrected chi connectivity index (χ4v) is 2.18. The number of non-ortho nitro benzene ring substituents is 1. The van der Waals surface area contributed by atoms with E-state index in [1.165, 1.54) is 6.20 Å². The van der Waals surface area contributed by atoms with E-state index in [-0.39, 0.29) is 23.3 Å². The van der Waals surface area contributed by atoms with E-state index in [0.29, 0.717) is 5.56 Å². The number of ether oxygens (including phenoxy) is 1. The van der Waals surface area contributed by atoms with E-state index in [1.54, 1.807) is 17.8 Å². The van der Waals surface area contributed by atoms with Crippen LogP contribution in [0.3, 0.4) is 0 Å². The summed E-state index contributed by atoms with van der Waals surface area (Å²) in [4.78, 5) is 22.3. The average Bonchev–Trinajstić information content (AvgIpc) is 2.96. The first-order valence-corrected chi connectivity index (χ1v) is 7.35. The molecule has 1 aromatic carbocycles. The number of rotatable bonds is 4. The summed E-state index contributed by atoms with van der Waals surface area (Å²) >= 11 is 0. The van der Waals surface area contributed by atoms with Crippen LogP contribution in [0.15, 0.2) is 24.5 Å². The van der Waals surface area contributed by atoms with Gasteiger partial charge in [0.2, 0.25) is 0 Å². The van der Waals surface area contributed by atoms with Crippen molar-refractivity contribution in [3.8, 4) is 11.1 Å². The molecule has 2 aromatic rings. The summed E-state index contributed by atoms with van der Waals surface area (Å²) in [5, 5.41) is 15.1. The molecule has 0 spiro atoms. The SMILES string of the molecule is CCOC(=O)c1cc([N+](=O)[O-])cc(F)c1-c1cnn(C(C)(C)C)c1. The van der Waals surface area contributed by atoms with Gasteiger partial charge < -0.3 is 4.74 Å². The highest BCUT2D eigenvalue weighted by atomic mass is 19.1. The van der Waals surface area contributed by atoms with Crippen molar-refractivity contribution >= 4 is 11.7 Å². The van der Waals surface area contributed by atoms with Gasteiger partial charge in [0, 0.05) is 23.4 Å². The third-order valence-electron chi connectivity index (χ3n) is 3.34. The van der Waals surface area contributed by atoms with Crippen molar-refractivity contribution < 1.29 is 18.8 Å². The predicted octanol–water partition coefficient (Wildman–Crippen LogP) is 3.53. The highest BCUT2D eigenvalue weighted by molar-refractivity contribution is 5.98. The molecule has 8 heteroatoms. The second-order valence-electron chi connectivity index (χ2n) is 6.17. The molecule has 0 aliphatic heterocycles. The molecule has 1 heterocycles. The van der Waals surface area contributed by atoms with Gasteiger partial charge in [-0.05, 0) is 27.7 Å². The fraction of sp³-hybridized carbons (Fsp3) is 0.375. The molecule has 0 aliphatic carbocycles. The van der Waals surface area contributed by atoms with E-state index in [1.807, 2.05) is 20.8 Å². The van der Waals surface area contributed by atoms with Gasteiger partial charge in [-0.1, -0.05) is 0 Å². The van der Waals surface area contributed by atoms with Gasteiger partial charge in [-0.15, -0.1) is 0 Å². The van der Waals surface area contributed by atoms with Gasteiger partial charge in [-0.3, -0.25) is 14.8 Å². The summed E-state index contributed by atoms with van der Waals surface area (Å²) in [6.45, 7) is 7.43. The van der Waals surface area contributed by atoms with Crippen LogP contribution in [0.4, 0.5) is 10.1 Å². The highest BCUT2D eigenvalue weighted by Gasteiger charge is 2.25. The Morgan fingerprint density at radius 1 is 1.42 bits per heavy atom. The Morgan fingerprint density at radius 2 is 2.08 bits per heavy atom. The van der Waals surface area contributed by atoms with Crippen molar-refractivity contribution in [1.29, 1.82) is 0 Å². The minimum absolute atomic E-state index is 0.0606. The average molecular weight is 335 g/mol. The maximum atomic E-state index is 14.5. The summed E-state index contributed by atoms with van der Waals surface area (Å²) in [5.41, 5.74) is -0.756. The van der Waals surface area contributed by atoms with Crippen molar-refractivity contribution in [2.45, 2.75) is 33.2 Å². The predicted molar refractivity (Wildman–Crippen MR) is 85.2 cm³/mol. The van der Waals surface area contributed by atoms with Crippen molar-refractivity contribution in [3.05, 3.63) is 46.0 Å². The molecular weight excluding hydrogens is 317 g/mol. The van der Waals surface area contributed by atoms with Crippen LogP contribution in [0, 0.1) is 15.9 Å². The molecule has 0 saturated carbocycles. The van der Waals surface area contributed by atoms with Crippen molar-refractivity contribution in [2.24, 2.45) is 0 Å². The van der Waals surface area contributed by atoms with E-state index in [4.69, 9.17) is 4.74 Å². The van der Waals surface area contributed by atoms with Gasteiger partial charge in [0.15, 0.2) is 0 Å². The molecule has 0 bridgehead atoms. The maximum Gasteiger partial charge on any atom is 0.339 e. The summed E-state index contributed by atoms with van der Waals surface area (Å²) in [6.07, 6.45) is 3.01. The molecule has 0 atom stereocenters. The fourth-order valence-electron chi connectivity index (χ4n) is 2.18. The first-order valence-electron chi connectivity index (χ1n) is 7.35. The standard InChI is InChI=1S/C16H18FN3O4/c1-5-24-15(21)12-6-11(20(22)23)7-13(17)14(12)10-8-18-19(9-10)16(2,3)4/h6-9H,5H2,1-4H3. The lowest BCUT2D eigenvalue weighted by Crippen LogP contribution is -2.21. The van der Waals surface area contributed by atoms with E-state index >= 15 is 0 Å². The van der Waals surface area contributed by atoms with Gasteiger partial charge in [-0.2, -0.15) is 5.10 Å². The molecule has 2 rings (SSSR count). The van der Waals surface area contributed by atoms with Crippen LogP contribution < -0.4 is 0 Å². The Morgan fingerprint density at radius 3 is 2.58 bits per heavy atom. The zero-order chi connectivity index (χ0) is 18.1. The smallest absolute Gasteiger partial charge is 0.339 e. The third-order valence-corrected chi connectivity index (χ3v) is 3.34. The number of carbonyl (C=O) groups is 1. The number of benzene rings is 1. The van der Waals surface area contributed by atoms with E-state index in [0.717, 1.165) is 12.1 Å². The number of hydrogen-bond donors (Lipinski definition) is 0. The van der Waals surface area contributed by atoms with Crippen LogP contribution in [0.25, 0.3) is 11.1 Å². The van der Waals surface area contributed by atoms with Crippen molar-refractivity contribution in [1.82, 2.24) is 9.78 Å². The number of esters is 1. The molecule has 1 aromatic heterocycles. The maximum absolute atomic E-state index is 14.5. The molecule has 0 aliphatic rings. The lowest BCUT2D eigenvalue weighted by Gasteiger charge is -2.18. The molecule has 0 radical (unpaired) electrons. The van der Waals surface area contributed by atoms with E-state index in [2.05, 4.69) is 5.10 Å². The quantitative estimate of drug-likeness (QED) is 0.484. The summed E-state index contributed by atoms with van der Waals surface area (Å²) in [6, 6.07) is 1.80. The zero-order valence-corrected chi connectivity index (χ0v) is 13.9. The largest absolute Gasteiger partial charge is 0.462 e. The molecule has 128 valence electrons. The Hall–Kier alpha value is -2.77. The Labute approximate surface area is 138 Å². The number of nitro benzene ring substituents is 1. The second kappa shape index (κ2) is 6.38. The van der Waals surface area contributed by atoms with Crippen molar-refractivity contribution in [2.75, 3.05) is 6.61 Å². The van der Waals surface area contributed by atoms with Gasteiger partial charge >= 0.3 is 5.97 Å². The number of nitro groups is 1. The van der Waals surface area contributed by atoms with Crippen LogP contribution >= 0.6 is 0 Å². The number of nitrogens with zero attached hydrogens (tertiary/aromatic N) is 3. The normalized spacial score (nSPS) is 11.4. The minimum atomic E-state index is -0.874. The number of aromatic nitrogens is 2. The lowest BCUT2D eigenvalue weighted by molar-refractivity contribution is -0.385. The van der Waals surface area contributed by atoms with Gasteiger partial charge in [-0.25, -0.2) is 9.18 Å². The van der Waals surface area contributed by atoms with Gasteiger partial charge in [0.05, 0.1) is 34.9 Å². The second-order valence-corrected chi connectivity index (χ2v) is 6.17. The monoisotopic (exact) mass is 335 g/mol. The Bertz CT molecular complexity index is 793.